The Bertz CT molecular complexity index is 675. The molecule has 5 heteroatoms. The fourth-order valence-corrected chi connectivity index (χ4v) is 2.79. The van der Waals surface area contributed by atoms with Crippen molar-refractivity contribution in [3.63, 3.8) is 0 Å². The molecule has 1 saturated heterocycles. The van der Waals surface area contributed by atoms with Crippen LogP contribution in [0.25, 0.3) is 11.1 Å². The molecule has 1 N–H and O–H groups in total. The average Bonchev–Trinajstić information content (AvgIpc) is 2.76. The summed E-state index contributed by atoms with van der Waals surface area (Å²) >= 11 is 0. The zero-order valence-corrected chi connectivity index (χ0v) is 12.4. The maximum atomic E-state index is 11.0. The van der Waals surface area contributed by atoms with Crippen molar-refractivity contribution in [1.29, 1.82) is 0 Å². The van der Waals surface area contributed by atoms with Gasteiger partial charge in [0, 0.05) is 13.1 Å². The van der Waals surface area contributed by atoms with E-state index in [0.29, 0.717) is 22.5 Å². The summed E-state index contributed by atoms with van der Waals surface area (Å²) in [6.07, 6.45) is 3.42. The van der Waals surface area contributed by atoms with Gasteiger partial charge in [0.05, 0.1) is 5.56 Å². The number of rotatable bonds is 2. The molecule has 2 heterocycles. The number of hydrogen-bond acceptors (Lipinski definition) is 4. The Balaban J connectivity index is 1.88. The zero-order chi connectivity index (χ0) is 15.0. The van der Waals surface area contributed by atoms with Crippen molar-refractivity contribution < 1.29 is 14.3 Å². The van der Waals surface area contributed by atoms with Crippen molar-refractivity contribution in [2.45, 2.75) is 33.1 Å². The van der Waals surface area contributed by atoms with E-state index in [1.54, 1.807) is 12.1 Å². The van der Waals surface area contributed by atoms with Crippen LogP contribution in [-0.4, -0.2) is 29.1 Å². The van der Waals surface area contributed by atoms with E-state index in [0.717, 1.165) is 25.9 Å². The fraction of sp³-hybridized carbons (Fsp3) is 0.500. The highest BCUT2D eigenvalue weighted by atomic mass is 16.4. The first-order valence-electron chi connectivity index (χ1n) is 7.33. The molecule has 2 aromatic rings. The zero-order valence-electron chi connectivity index (χ0n) is 12.4. The summed E-state index contributed by atoms with van der Waals surface area (Å²) in [4.78, 5) is 17.7. The van der Waals surface area contributed by atoms with E-state index in [9.17, 15) is 4.79 Å². The van der Waals surface area contributed by atoms with E-state index in [2.05, 4.69) is 23.7 Å². The number of hydrogen-bond donors (Lipinski definition) is 1. The Morgan fingerprint density at radius 2 is 2.14 bits per heavy atom. The third-order valence-electron chi connectivity index (χ3n) is 4.23. The predicted molar refractivity (Wildman–Crippen MR) is 80.8 cm³/mol. The van der Waals surface area contributed by atoms with Gasteiger partial charge in [0.15, 0.2) is 5.58 Å². The SMILES string of the molecule is CC1(C)CCCN(c2nc3ccc(C(=O)O)cc3o2)CC1. The van der Waals surface area contributed by atoms with Crippen LogP contribution >= 0.6 is 0 Å². The summed E-state index contributed by atoms with van der Waals surface area (Å²) in [5.74, 6) is -0.952. The van der Waals surface area contributed by atoms with Crippen molar-refractivity contribution in [3.8, 4) is 0 Å². The van der Waals surface area contributed by atoms with Crippen LogP contribution in [-0.2, 0) is 0 Å². The summed E-state index contributed by atoms with van der Waals surface area (Å²) in [5.41, 5.74) is 1.83. The van der Waals surface area contributed by atoms with Crippen LogP contribution in [0.4, 0.5) is 6.01 Å². The lowest BCUT2D eigenvalue weighted by molar-refractivity contribution is 0.0697. The van der Waals surface area contributed by atoms with E-state index >= 15 is 0 Å². The van der Waals surface area contributed by atoms with Crippen LogP contribution in [0.2, 0.25) is 0 Å². The lowest BCUT2D eigenvalue weighted by Crippen LogP contribution is -2.25. The van der Waals surface area contributed by atoms with Gasteiger partial charge >= 0.3 is 5.97 Å². The molecular weight excluding hydrogens is 268 g/mol. The fourth-order valence-electron chi connectivity index (χ4n) is 2.79. The number of benzene rings is 1. The number of carboxylic acids is 1. The minimum Gasteiger partial charge on any atom is -0.478 e. The van der Waals surface area contributed by atoms with E-state index in [-0.39, 0.29) is 5.56 Å². The van der Waals surface area contributed by atoms with Crippen LogP contribution in [0.15, 0.2) is 22.6 Å². The second-order valence-corrected chi connectivity index (χ2v) is 6.49. The van der Waals surface area contributed by atoms with Gasteiger partial charge in [-0.3, -0.25) is 0 Å². The predicted octanol–water partition coefficient (Wildman–Crippen LogP) is 3.54. The summed E-state index contributed by atoms with van der Waals surface area (Å²) in [7, 11) is 0. The monoisotopic (exact) mass is 288 g/mol. The number of aromatic carboxylic acids is 1. The molecule has 3 rings (SSSR count). The number of aromatic nitrogens is 1. The van der Waals surface area contributed by atoms with Gasteiger partial charge < -0.3 is 14.4 Å². The number of carbonyl (C=O) groups is 1. The molecule has 0 saturated carbocycles. The van der Waals surface area contributed by atoms with Crippen molar-refractivity contribution in [2.75, 3.05) is 18.0 Å². The third-order valence-corrected chi connectivity index (χ3v) is 4.23. The van der Waals surface area contributed by atoms with Crippen LogP contribution in [0.5, 0.6) is 0 Å². The Kier molecular flexibility index (Phi) is 3.35. The lowest BCUT2D eigenvalue weighted by Gasteiger charge is -2.22. The molecule has 0 spiro atoms. The van der Waals surface area contributed by atoms with Gasteiger partial charge in [0.1, 0.15) is 5.52 Å². The van der Waals surface area contributed by atoms with Gasteiger partial charge in [-0.25, -0.2) is 4.79 Å². The first kappa shape index (κ1) is 13.9. The van der Waals surface area contributed by atoms with E-state index in [4.69, 9.17) is 9.52 Å². The van der Waals surface area contributed by atoms with Crippen molar-refractivity contribution >= 4 is 23.1 Å². The van der Waals surface area contributed by atoms with Gasteiger partial charge in [-0.1, -0.05) is 13.8 Å². The summed E-state index contributed by atoms with van der Waals surface area (Å²) in [6, 6.07) is 5.40. The van der Waals surface area contributed by atoms with E-state index in [1.165, 1.54) is 12.5 Å². The highest BCUT2D eigenvalue weighted by molar-refractivity contribution is 5.92. The van der Waals surface area contributed by atoms with Crippen LogP contribution < -0.4 is 4.90 Å². The molecule has 0 atom stereocenters. The average molecular weight is 288 g/mol. The van der Waals surface area contributed by atoms with Crippen LogP contribution in [0.1, 0.15) is 43.5 Å². The highest BCUT2D eigenvalue weighted by Gasteiger charge is 2.25. The Hall–Kier alpha value is -2.04. The Labute approximate surface area is 123 Å². The topological polar surface area (TPSA) is 66.6 Å². The quantitative estimate of drug-likeness (QED) is 0.915. The second-order valence-electron chi connectivity index (χ2n) is 6.49. The lowest BCUT2D eigenvalue weighted by atomic mass is 9.85. The third kappa shape index (κ3) is 2.86. The molecule has 5 nitrogen and oxygen atoms in total. The van der Waals surface area contributed by atoms with Gasteiger partial charge in [-0.15, -0.1) is 0 Å². The molecule has 1 aromatic heterocycles. The molecule has 0 amide bonds. The molecule has 1 aliphatic heterocycles. The minimum atomic E-state index is -0.952. The standard InChI is InChI=1S/C16H20N2O3/c1-16(2)6-3-8-18(9-7-16)15-17-12-5-4-11(14(19)20)10-13(12)21-15/h4-5,10H,3,6-9H2,1-2H3,(H,19,20). The minimum absolute atomic E-state index is 0.224. The van der Waals surface area contributed by atoms with Crippen molar-refractivity contribution in [1.82, 2.24) is 4.98 Å². The van der Waals surface area contributed by atoms with Gasteiger partial charge in [0.25, 0.3) is 6.01 Å². The first-order valence-corrected chi connectivity index (χ1v) is 7.33. The molecule has 1 fully saturated rings. The molecule has 1 aromatic carbocycles. The maximum absolute atomic E-state index is 11.0. The summed E-state index contributed by atoms with van der Waals surface area (Å²) in [6.45, 7) is 6.44. The molecule has 0 unspecified atom stereocenters. The Morgan fingerprint density at radius 3 is 2.90 bits per heavy atom. The number of anilines is 1. The van der Waals surface area contributed by atoms with Crippen LogP contribution in [0, 0.1) is 5.41 Å². The van der Waals surface area contributed by atoms with E-state index in [1.807, 2.05) is 0 Å². The molecule has 0 bridgehead atoms. The first-order chi connectivity index (χ1) is 9.94. The summed E-state index contributed by atoms with van der Waals surface area (Å²) in [5, 5.41) is 9.02. The van der Waals surface area contributed by atoms with Crippen molar-refractivity contribution in [2.24, 2.45) is 5.41 Å². The molecule has 0 aliphatic carbocycles. The van der Waals surface area contributed by atoms with Gasteiger partial charge in [-0.2, -0.15) is 4.98 Å². The molecule has 1 aliphatic rings. The molecule has 21 heavy (non-hydrogen) atoms. The summed E-state index contributed by atoms with van der Waals surface area (Å²) < 4.78 is 5.77. The maximum Gasteiger partial charge on any atom is 0.335 e. The second kappa shape index (κ2) is 5.06. The number of oxazole rings is 1. The largest absolute Gasteiger partial charge is 0.478 e. The molecule has 0 radical (unpaired) electrons. The normalized spacial score (nSPS) is 18.7. The Morgan fingerprint density at radius 1 is 1.33 bits per heavy atom. The van der Waals surface area contributed by atoms with Gasteiger partial charge in [-0.05, 0) is 42.9 Å². The smallest absolute Gasteiger partial charge is 0.335 e. The van der Waals surface area contributed by atoms with Gasteiger partial charge in [0.2, 0.25) is 0 Å². The number of fused-ring (bicyclic) bond motifs is 1. The molecular formula is C16H20N2O3. The van der Waals surface area contributed by atoms with E-state index < -0.39 is 5.97 Å². The number of carboxylic acid groups (broad SMARTS) is 1. The van der Waals surface area contributed by atoms with Crippen LogP contribution in [0.3, 0.4) is 0 Å². The van der Waals surface area contributed by atoms with Crippen molar-refractivity contribution in [3.05, 3.63) is 23.8 Å². The molecule has 112 valence electrons. The number of nitrogens with zero attached hydrogens (tertiary/aromatic N) is 2. The highest BCUT2D eigenvalue weighted by Crippen LogP contribution is 2.32.